The summed E-state index contributed by atoms with van der Waals surface area (Å²) in [6.45, 7) is 2.14. The Kier molecular flexibility index (Phi) is 5.17. The molecule has 0 unspecified atom stereocenters. The molecule has 0 aliphatic rings. The Bertz CT molecular complexity index is 312. The predicted octanol–water partition coefficient (Wildman–Crippen LogP) is 4.82. The molecule has 0 atom stereocenters. The van der Waals surface area contributed by atoms with Crippen LogP contribution >= 0.6 is 34.2 Å². The summed E-state index contributed by atoms with van der Waals surface area (Å²) in [6.07, 6.45) is 4.11. The minimum atomic E-state index is -0.241. The molecule has 0 amide bonds. The van der Waals surface area contributed by atoms with Gasteiger partial charge >= 0.3 is 0 Å². The fourth-order valence-corrected chi connectivity index (χ4v) is 1.93. The fourth-order valence-electron chi connectivity index (χ4n) is 1.32. The first kappa shape index (κ1) is 12.2. The van der Waals surface area contributed by atoms with Gasteiger partial charge in [-0.3, -0.25) is 0 Å². The number of aryl methyl sites for hydroxylation is 1. The number of hydrogen-bond donors (Lipinski definition) is 0. The van der Waals surface area contributed by atoms with Crippen LogP contribution in [0, 0.1) is 9.39 Å². The number of halogens is 3. The van der Waals surface area contributed by atoms with Crippen LogP contribution in [0.2, 0.25) is 5.02 Å². The Morgan fingerprint density at radius 2 is 2.07 bits per heavy atom. The van der Waals surface area contributed by atoms with E-state index >= 15 is 0 Å². The zero-order chi connectivity index (χ0) is 10.6. The summed E-state index contributed by atoms with van der Waals surface area (Å²) in [5.74, 6) is -0.241. The molecule has 0 radical (unpaired) electrons. The number of hydrogen-bond acceptors (Lipinski definition) is 0. The van der Waals surface area contributed by atoms with Crippen LogP contribution in [-0.4, -0.2) is 0 Å². The number of benzene rings is 1. The molecule has 0 saturated carbocycles. The lowest BCUT2D eigenvalue weighted by atomic mass is 10.1. The van der Waals surface area contributed by atoms with Gasteiger partial charge in [-0.05, 0) is 47.1 Å². The minimum absolute atomic E-state index is 0.241. The molecule has 0 nitrogen and oxygen atoms in total. The van der Waals surface area contributed by atoms with Crippen LogP contribution in [0.25, 0.3) is 0 Å². The summed E-state index contributed by atoms with van der Waals surface area (Å²) < 4.78 is 14.3. The topological polar surface area (TPSA) is 0 Å². The molecule has 0 aliphatic carbocycles. The molecule has 0 aromatic heterocycles. The van der Waals surface area contributed by atoms with Gasteiger partial charge in [0.2, 0.25) is 0 Å². The van der Waals surface area contributed by atoms with E-state index in [1.807, 2.05) is 34.7 Å². The highest BCUT2D eigenvalue weighted by atomic mass is 127. The van der Waals surface area contributed by atoms with Crippen molar-refractivity contribution in [3.63, 3.8) is 0 Å². The third-order valence-corrected chi connectivity index (χ3v) is 3.75. The molecular formula is C11H13ClFI. The molecule has 14 heavy (non-hydrogen) atoms. The van der Waals surface area contributed by atoms with E-state index in [1.54, 1.807) is 0 Å². The Morgan fingerprint density at radius 3 is 2.71 bits per heavy atom. The zero-order valence-corrected chi connectivity index (χ0v) is 11.0. The molecule has 0 spiro atoms. The SMILES string of the molecule is CCCCCc1ccc(I)c(Cl)c1F. The summed E-state index contributed by atoms with van der Waals surface area (Å²) in [5.41, 5.74) is 0.740. The Morgan fingerprint density at radius 1 is 1.36 bits per heavy atom. The molecule has 1 rings (SSSR count). The third kappa shape index (κ3) is 3.09. The van der Waals surface area contributed by atoms with Crippen molar-refractivity contribution in [1.82, 2.24) is 0 Å². The van der Waals surface area contributed by atoms with Crippen LogP contribution in [0.3, 0.4) is 0 Å². The zero-order valence-electron chi connectivity index (χ0n) is 8.12. The Hall–Kier alpha value is 0.170. The van der Waals surface area contributed by atoms with Gasteiger partial charge in [0.1, 0.15) is 5.82 Å². The molecule has 1 aromatic rings. The molecule has 0 bridgehead atoms. The molecule has 1 aromatic carbocycles. The summed E-state index contributed by atoms with van der Waals surface area (Å²) >= 11 is 7.85. The van der Waals surface area contributed by atoms with Crippen LogP contribution in [0.1, 0.15) is 31.7 Å². The highest BCUT2D eigenvalue weighted by molar-refractivity contribution is 14.1. The summed E-state index contributed by atoms with van der Waals surface area (Å²) in [4.78, 5) is 0. The van der Waals surface area contributed by atoms with Crippen LogP contribution < -0.4 is 0 Å². The van der Waals surface area contributed by atoms with Crippen molar-refractivity contribution >= 4 is 34.2 Å². The second-order valence-electron chi connectivity index (χ2n) is 3.29. The molecule has 78 valence electrons. The van der Waals surface area contributed by atoms with Crippen molar-refractivity contribution in [3.05, 3.63) is 32.1 Å². The van der Waals surface area contributed by atoms with Crippen molar-refractivity contribution in [1.29, 1.82) is 0 Å². The van der Waals surface area contributed by atoms with Gasteiger partial charge in [0.15, 0.2) is 0 Å². The van der Waals surface area contributed by atoms with E-state index in [0.29, 0.717) is 0 Å². The van der Waals surface area contributed by atoms with Crippen molar-refractivity contribution in [3.8, 4) is 0 Å². The van der Waals surface area contributed by atoms with Gasteiger partial charge in [0, 0.05) is 3.57 Å². The van der Waals surface area contributed by atoms with Crippen molar-refractivity contribution in [2.75, 3.05) is 0 Å². The molecule has 0 fully saturated rings. The van der Waals surface area contributed by atoms with Gasteiger partial charge in [-0.1, -0.05) is 37.4 Å². The maximum atomic E-state index is 13.6. The smallest absolute Gasteiger partial charge is 0.146 e. The Balaban J connectivity index is 2.73. The molecular weight excluding hydrogens is 313 g/mol. The standard InChI is InChI=1S/C11H13ClFI/c1-2-3-4-5-8-6-7-9(14)10(12)11(8)13/h6-7H,2-5H2,1H3. The van der Waals surface area contributed by atoms with Gasteiger partial charge in [0.05, 0.1) is 5.02 Å². The summed E-state index contributed by atoms with van der Waals surface area (Å²) in [7, 11) is 0. The quantitative estimate of drug-likeness (QED) is 0.423. The van der Waals surface area contributed by atoms with E-state index < -0.39 is 0 Å². The predicted molar refractivity (Wildman–Crippen MR) is 67.4 cm³/mol. The first-order valence-electron chi connectivity index (χ1n) is 4.79. The highest BCUT2D eigenvalue weighted by Gasteiger charge is 2.09. The van der Waals surface area contributed by atoms with Gasteiger partial charge < -0.3 is 0 Å². The largest absolute Gasteiger partial charge is 0.205 e. The monoisotopic (exact) mass is 326 g/mol. The molecule has 0 N–H and O–H groups in total. The van der Waals surface area contributed by atoms with Crippen molar-refractivity contribution in [2.45, 2.75) is 32.6 Å². The van der Waals surface area contributed by atoms with Gasteiger partial charge in [-0.25, -0.2) is 4.39 Å². The summed E-state index contributed by atoms with van der Waals surface area (Å²) in [6, 6.07) is 3.70. The Labute approximate surface area is 103 Å². The van der Waals surface area contributed by atoms with Gasteiger partial charge in [0.25, 0.3) is 0 Å². The molecule has 0 aliphatic heterocycles. The lowest BCUT2D eigenvalue weighted by Crippen LogP contribution is -1.93. The number of rotatable bonds is 4. The maximum Gasteiger partial charge on any atom is 0.146 e. The maximum absolute atomic E-state index is 13.6. The molecule has 0 heterocycles. The number of unbranched alkanes of at least 4 members (excludes halogenated alkanes) is 2. The van der Waals surface area contributed by atoms with Crippen LogP contribution in [-0.2, 0) is 6.42 Å². The molecule has 3 heteroatoms. The lowest BCUT2D eigenvalue weighted by Gasteiger charge is -2.05. The van der Waals surface area contributed by atoms with E-state index in [1.165, 1.54) is 0 Å². The molecule has 0 saturated heterocycles. The van der Waals surface area contributed by atoms with Crippen molar-refractivity contribution < 1.29 is 4.39 Å². The second kappa shape index (κ2) is 5.91. The van der Waals surface area contributed by atoms with E-state index in [-0.39, 0.29) is 10.8 Å². The average Bonchev–Trinajstić information content (AvgIpc) is 2.18. The van der Waals surface area contributed by atoms with Crippen LogP contribution in [0.4, 0.5) is 4.39 Å². The van der Waals surface area contributed by atoms with Crippen LogP contribution in [0.15, 0.2) is 12.1 Å². The van der Waals surface area contributed by atoms with E-state index in [4.69, 9.17) is 11.6 Å². The average molecular weight is 327 g/mol. The normalized spacial score (nSPS) is 10.6. The van der Waals surface area contributed by atoms with Crippen molar-refractivity contribution in [2.24, 2.45) is 0 Å². The van der Waals surface area contributed by atoms with E-state index in [9.17, 15) is 4.39 Å². The van der Waals surface area contributed by atoms with Gasteiger partial charge in [-0.15, -0.1) is 0 Å². The van der Waals surface area contributed by atoms with Crippen LogP contribution in [0.5, 0.6) is 0 Å². The second-order valence-corrected chi connectivity index (χ2v) is 4.83. The fraction of sp³-hybridized carbons (Fsp3) is 0.455. The first-order chi connectivity index (χ1) is 6.66. The van der Waals surface area contributed by atoms with E-state index in [0.717, 1.165) is 34.8 Å². The summed E-state index contributed by atoms with van der Waals surface area (Å²) in [5, 5.41) is 0.264. The van der Waals surface area contributed by atoms with E-state index in [2.05, 4.69) is 6.92 Å². The lowest BCUT2D eigenvalue weighted by molar-refractivity contribution is 0.598. The minimum Gasteiger partial charge on any atom is -0.205 e. The van der Waals surface area contributed by atoms with Gasteiger partial charge in [-0.2, -0.15) is 0 Å². The third-order valence-electron chi connectivity index (χ3n) is 2.16. The highest BCUT2D eigenvalue weighted by Crippen LogP contribution is 2.25. The first-order valence-corrected chi connectivity index (χ1v) is 6.25.